The van der Waals surface area contributed by atoms with Crippen molar-refractivity contribution in [3.05, 3.63) is 388 Å². The van der Waals surface area contributed by atoms with Crippen molar-refractivity contribution >= 4 is 30.2 Å². The molecule has 4 unspecified atom stereocenters. The second-order valence-electron chi connectivity index (χ2n) is 32.8. The number of aliphatic hydroxyl groups excluding tert-OH is 2. The van der Waals surface area contributed by atoms with Gasteiger partial charge in [-0.2, -0.15) is 0 Å². The van der Waals surface area contributed by atoms with E-state index in [9.17, 15) is 33.5 Å². The summed E-state index contributed by atoms with van der Waals surface area (Å²) in [5.41, 5.74) is 17.5. The zero-order chi connectivity index (χ0) is 90.9. The van der Waals surface area contributed by atoms with Crippen molar-refractivity contribution in [2.75, 3.05) is 27.4 Å². The second-order valence-corrected chi connectivity index (χ2v) is 32.8. The van der Waals surface area contributed by atoms with Gasteiger partial charge in [-0.3, -0.25) is 0 Å². The van der Waals surface area contributed by atoms with Crippen molar-refractivity contribution in [1.29, 1.82) is 0 Å². The minimum atomic E-state index is -0.893. The Kier molecular flexibility index (Phi) is 39.0. The summed E-state index contributed by atoms with van der Waals surface area (Å²) in [4.78, 5) is 59.6. The number of esters is 2. The number of amides is 3. The van der Waals surface area contributed by atoms with Crippen molar-refractivity contribution in [2.45, 2.75) is 155 Å². The molecular weight excluding hydrogens is 1590 g/mol. The number of benzene rings is 12. The number of alkyl carbamates (subject to hydrolysis) is 3. The first-order chi connectivity index (χ1) is 60.3. The summed E-state index contributed by atoms with van der Waals surface area (Å²) in [6.07, 6.45) is 3.28. The van der Waals surface area contributed by atoms with Gasteiger partial charge in [0.2, 0.25) is 0 Å². The molecule has 0 radical (unpaired) electrons. The van der Waals surface area contributed by atoms with Crippen LogP contribution in [0.1, 0.15) is 129 Å². The first-order valence-corrected chi connectivity index (χ1v) is 41.7. The first-order valence-electron chi connectivity index (χ1n) is 41.7. The molecule has 0 saturated heterocycles. The average molecular weight is 1710 g/mol. The number of carbonyl (C=O) groups excluding carboxylic acids is 5. The summed E-state index contributed by atoms with van der Waals surface area (Å²) >= 11 is 0. The third kappa shape index (κ3) is 38.4. The van der Waals surface area contributed by atoms with E-state index < -0.39 is 65.1 Å². The Morgan fingerprint density at radius 3 is 0.794 bits per heavy atom. The van der Waals surface area contributed by atoms with Crippen LogP contribution in [0.4, 0.5) is 18.8 Å². The molecule has 21 heteroatoms. The van der Waals surface area contributed by atoms with Gasteiger partial charge in [-0.1, -0.05) is 218 Å². The summed E-state index contributed by atoms with van der Waals surface area (Å²) in [7, 11) is 2.52. The van der Waals surface area contributed by atoms with E-state index in [0.29, 0.717) is 29.9 Å². The summed E-state index contributed by atoms with van der Waals surface area (Å²) in [5, 5.41) is 35.5. The highest BCUT2D eigenvalue weighted by molar-refractivity contribution is 5.82. The van der Waals surface area contributed by atoms with Crippen LogP contribution in [0, 0.1) is 5.82 Å². The highest BCUT2D eigenvalue weighted by atomic mass is 19.1. The molecule has 0 aliphatic heterocycles. The van der Waals surface area contributed by atoms with E-state index >= 15 is 0 Å². The van der Waals surface area contributed by atoms with Gasteiger partial charge in [0.15, 0.2) is 0 Å². The fourth-order valence-electron chi connectivity index (χ4n) is 12.4. The molecule has 0 aromatic heterocycles. The number of methoxy groups -OCH3 is 2. The highest BCUT2D eigenvalue weighted by Gasteiger charge is 2.28. The molecule has 0 aliphatic carbocycles. The number of rotatable bonds is 29. The van der Waals surface area contributed by atoms with Gasteiger partial charge < -0.3 is 74.9 Å². The summed E-state index contributed by atoms with van der Waals surface area (Å²) in [5.74, 6) is 3.34. The van der Waals surface area contributed by atoms with Crippen LogP contribution in [0.15, 0.2) is 315 Å². The van der Waals surface area contributed by atoms with Gasteiger partial charge in [0.05, 0.1) is 33.5 Å². The van der Waals surface area contributed by atoms with E-state index in [4.69, 9.17) is 49.1 Å². The maximum atomic E-state index is 12.9. The topological polar surface area (TPSA) is 282 Å². The lowest BCUT2D eigenvalue weighted by molar-refractivity contribution is -0.143. The molecule has 20 nitrogen and oxygen atoms in total. The number of nitrogens with two attached hydrogens (primary N) is 1. The molecule has 0 bridgehead atoms. The van der Waals surface area contributed by atoms with E-state index in [-0.39, 0.29) is 37.9 Å². The van der Waals surface area contributed by atoms with Crippen molar-refractivity contribution in [3.63, 3.8) is 0 Å². The summed E-state index contributed by atoms with van der Waals surface area (Å²) in [6.45, 7) is 15.7. The fraction of sp³-hybridized carbons (Fsp3) is 0.267. The molecule has 0 heterocycles. The summed E-state index contributed by atoms with van der Waals surface area (Å²) < 4.78 is 55.7. The Labute approximate surface area is 739 Å². The maximum absolute atomic E-state index is 12.9. The second kappa shape index (κ2) is 50.2. The predicted molar refractivity (Wildman–Crippen MR) is 491 cm³/mol. The normalized spacial score (nSPS) is 11.8. The highest BCUT2D eigenvalue weighted by Crippen LogP contribution is 2.28. The van der Waals surface area contributed by atoms with Gasteiger partial charge in [0.1, 0.15) is 75.0 Å². The smallest absolute Gasteiger partial charge is 0.408 e. The van der Waals surface area contributed by atoms with E-state index in [1.807, 2.05) is 182 Å². The minimum Gasteiger partial charge on any atom is -0.508 e. The Bertz CT molecular complexity index is 5190. The van der Waals surface area contributed by atoms with Crippen molar-refractivity contribution < 1.29 is 81.6 Å². The number of phenols is 1. The average Bonchev–Trinajstić information content (AvgIpc) is 0.888. The number of ether oxygens (including phenoxy) is 8. The molecule has 12 aromatic rings. The minimum absolute atomic E-state index is 0.00637. The lowest BCUT2D eigenvalue weighted by Crippen LogP contribution is -2.45. The number of carbonyl (C=O) groups is 5. The number of hydrogen-bond acceptors (Lipinski definition) is 17. The van der Waals surface area contributed by atoms with Gasteiger partial charge in [0, 0.05) is 18.9 Å². The maximum Gasteiger partial charge on any atom is 0.408 e. The third-order valence-electron chi connectivity index (χ3n) is 18.5. The molecule has 0 spiro atoms. The zero-order valence-electron chi connectivity index (χ0n) is 73.5. The van der Waals surface area contributed by atoms with Gasteiger partial charge in [0.25, 0.3) is 0 Å². The number of aliphatic hydroxyl groups is 2. The van der Waals surface area contributed by atoms with Crippen LogP contribution in [-0.2, 0) is 84.6 Å². The quantitative estimate of drug-likeness (QED) is 0.0169. The number of nitrogens with one attached hydrogen (secondary N) is 3. The van der Waals surface area contributed by atoms with E-state index in [0.717, 1.165) is 71.1 Å². The van der Waals surface area contributed by atoms with Gasteiger partial charge >= 0.3 is 30.2 Å². The monoisotopic (exact) mass is 1710 g/mol. The van der Waals surface area contributed by atoms with Crippen LogP contribution in [0.2, 0.25) is 0 Å². The van der Waals surface area contributed by atoms with Crippen LogP contribution < -0.4 is 35.9 Å². The molecule has 4 atom stereocenters. The molecule has 0 fully saturated rings. The van der Waals surface area contributed by atoms with E-state index in [1.54, 1.807) is 86.6 Å². The SMILES string of the molecule is CC(C)(C)OC(=O)NC(CO)Cc1ccc(Oc2ccc(Cc3ccccc3)cc2)cc1.COC(=O)C(Cc1ccc(F)cc1)NC(=O)OC(C)(C)C.COC(=O)C(Cc1ccc(Oc2ccc(Cc3ccccc3)cc2)cc1)NC(=O)OC(C)(C)C.NC(CO)Cc1ccc(Oc2ccc(Cc3ccccc3)cc2)cc1.Oc1ccc(Cc2ccccc2)cc1. The van der Waals surface area contributed by atoms with Crippen molar-refractivity contribution in [1.82, 2.24) is 16.0 Å². The van der Waals surface area contributed by atoms with Crippen molar-refractivity contribution in [3.8, 4) is 40.2 Å². The lowest BCUT2D eigenvalue weighted by atomic mass is 10.1. The molecule has 3 amide bonds. The number of halogens is 1. The van der Waals surface area contributed by atoms with Crippen molar-refractivity contribution in [2.24, 2.45) is 5.73 Å². The predicted octanol–water partition coefficient (Wildman–Crippen LogP) is 20.5. The number of hydrogen-bond donors (Lipinski definition) is 7. The van der Waals surface area contributed by atoms with Gasteiger partial charge in [-0.25, -0.2) is 28.4 Å². The molecule has 12 rings (SSSR count). The van der Waals surface area contributed by atoms with Gasteiger partial charge in [-0.15, -0.1) is 0 Å². The van der Waals surface area contributed by atoms with Gasteiger partial charge in [-0.05, 0) is 265 Å². The molecule has 8 N–H and O–H groups in total. The standard InChI is InChI=1S/C28H31NO5.C27H31NO4.C22H23NO2.C15H20FNO4.C13H12O/c1-28(2,3)34-27(31)29-25(26(30)32-4)19-22-12-16-24(17-13-22)33-23-14-10-21(11-15-23)18-20-8-6-5-7-9-20;1-27(2,3)32-26(30)28-23(19-29)18-22-11-15-25(16-12-22)31-24-13-9-21(10-14-24)17-20-7-5-4-6-8-20;23-20(16-24)15-19-8-12-22(13-9-19)25-21-10-6-18(7-11-21)14-17-4-2-1-3-5-17;1-15(2,3)21-14(19)17-12(13(18)20-4)9-10-5-7-11(16)8-6-10;14-13-8-6-12(7-9-13)10-11-4-2-1-3-5-11/h5-17,25H,18-19H2,1-4H3,(H,29,31);4-16,23,29H,17-19H2,1-3H3,(H,28,30);1-13,20,24H,14-16,23H2;5-8,12H,9H2,1-4H3,(H,17,19);1-9,14H,10H2. The van der Waals surface area contributed by atoms with E-state index in [1.165, 1.54) is 70.9 Å². The Morgan fingerprint density at radius 1 is 0.310 bits per heavy atom. The largest absolute Gasteiger partial charge is 0.508 e. The molecule has 126 heavy (non-hydrogen) atoms. The fourth-order valence-corrected chi connectivity index (χ4v) is 12.4. The molecular formula is C105H117FN4O16. The number of phenolic OH excluding ortho intramolecular Hbond substituents is 1. The summed E-state index contributed by atoms with van der Waals surface area (Å²) in [6, 6.07) is 99.1. The van der Waals surface area contributed by atoms with Crippen LogP contribution >= 0.6 is 0 Å². The lowest BCUT2D eigenvalue weighted by Gasteiger charge is -2.22. The molecule has 660 valence electrons. The Morgan fingerprint density at radius 2 is 0.540 bits per heavy atom. The van der Waals surface area contributed by atoms with Crippen LogP contribution in [0.25, 0.3) is 0 Å². The Balaban J connectivity index is 0.000000200. The van der Waals surface area contributed by atoms with E-state index in [2.05, 4.69) is 118 Å². The first kappa shape index (κ1) is 97.8. The molecule has 0 saturated carbocycles. The number of aromatic hydroxyl groups is 1. The van der Waals surface area contributed by atoms with Crippen LogP contribution in [0.5, 0.6) is 40.2 Å². The van der Waals surface area contributed by atoms with Crippen LogP contribution in [0.3, 0.4) is 0 Å². The zero-order valence-corrected chi connectivity index (χ0v) is 73.5. The molecule has 0 aliphatic rings. The Hall–Kier alpha value is -13.6. The third-order valence-corrected chi connectivity index (χ3v) is 18.5. The molecule has 12 aromatic carbocycles. The van der Waals surface area contributed by atoms with Crippen LogP contribution in [-0.4, -0.2) is 114 Å².